The number of aromatic nitrogens is 2. The smallest absolute Gasteiger partial charge is 0.347 e. The number of nitrogens with zero attached hydrogens (tertiary/aromatic N) is 2. The van der Waals surface area contributed by atoms with Crippen LogP contribution in [0.5, 0.6) is 0 Å². The molecule has 0 aliphatic heterocycles. The van der Waals surface area contributed by atoms with Crippen LogP contribution in [0.2, 0.25) is 0 Å². The van der Waals surface area contributed by atoms with E-state index in [-0.39, 0.29) is 0 Å². The van der Waals surface area contributed by atoms with E-state index in [1.54, 1.807) is 6.20 Å². The van der Waals surface area contributed by atoms with Gasteiger partial charge in [-0.05, 0) is 25.0 Å². The Kier molecular flexibility index (Phi) is 3.72. The fourth-order valence-electron chi connectivity index (χ4n) is 1.63. The number of hydrogen-bond donors (Lipinski definition) is 1. The minimum absolute atomic E-state index is 0.328. The minimum atomic E-state index is -0.908. The number of carbonyl (C=O) groups is 1. The third-order valence-corrected chi connectivity index (χ3v) is 3.62. The first-order valence-corrected chi connectivity index (χ1v) is 6.59. The fourth-order valence-corrected chi connectivity index (χ4v) is 2.56. The Morgan fingerprint density at radius 3 is 2.78 bits per heavy atom. The van der Waals surface area contributed by atoms with Gasteiger partial charge in [0.2, 0.25) is 0 Å². The summed E-state index contributed by atoms with van der Waals surface area (Å²) in [6.07, 6.45) is 3.32. The molecule has 0 aliphatic rings. The summed E-state index contributed by atoms with van der Waals surface area (Å²) in [4.78, 5) is 20.1. The maximum Gasteiger partial charge on any atom is 0.347 e. The summed E-state index contributed by atoms with van der Waals surface area (Å²) in [5.74, 6) is -0.908. The molecule has 0 aromatic carbocycles. The van der Waals surface area contributed by atoms with Gasteiger partial charge in [-0.25, -0.2) is 9.78 Å². The van der Waals surface area contributed by atoms with Crippen LogP contribution in [0.4, 0.5) is 0 Å². The lowest BCUT2D eigenvalue weighted by molar-refractivity contribution is 0.0700. The lowest BCUT2D eigenvalue weighted by Crippen LogP contribution is -1.98. The summed E-state index contributed by atoms with van der Waals surface area (Å²) < 4.78 is 0. The van der Waals surface area contributed by atoms with E-state index in [2.05, 4.69) is 9.97 Å². The maximum absolute atomic E-state index is 11.1. The van der Waals surface area contributed by atoms with Gasteiger partial charge in [-0.1, -0.05) is 19.4 Å². The molecular weight excluding hydrogens is 248 g/mol. The molecule has 4 nitrogen and oxygen atoms in total. The molecule has 1 N–H and O–H groups in total. The van der Waals surface area contributed by atoms with Gasteiger partial charge < -0.3 is 5.11 Å². The highest BCUT2D eigenvalue weighted by Gasteiger charge is 2.17. The van der Waals surface area contributed by atoms with Gasteiger partial charge in [0, 0.05) is 6.20 Å². The zero-order valence-electron chi connectivity index (χ0n) is 10.3. The van der Waals surface area contributed by atoms with E-state index in [0.29, 0.717) is 22.0 Å². The van der Waals surface area contributed by atoms with Gasteiger partial charge in [0.15, 0.2) is 0 Å². The Morgan fingerprint density at radius 1 is 1.44 bits per heavy atom. The first-order valence-electron chi connectivity index (χ1n) is 5.78. The van der Waals surface area contributed by atoms with Crippen molar-refractivity contribution in [1.29, 1.82) is 0 Å². The molecule has 2 heterocycles. The molecule has 2 aromatic heterocycles. The third kappa shape index (κ3) is 2.56. The lowest BCUT2D eigenvalue weighted by atomic mass is 10.2. The Bertz CT molecular complexity index is 561. The summed E-state index contributed by atoms with van der Waals surface area (Å²) in [6.45, 7) is 3.97. The molecule has 18 heavy (non-hydrogen) atoms. The number of aryl methyl sites for hydroxylation is 2. The Hall–Kier alpha value is -1.75. The first-order chi connectivity index (χ1) is 8.61. The van der Waals surface area contributed by atoms with Crippen molar-refractivity contribution in [3.05, 3.63) is 34.5 Å². The second-order valence-corrected chi connectivity index (χ2v) is 5.07. The summed E-state index contributed by atoms with van der Waals surface area (Å²) in [7, 11) is 0. The highest BCUT2D eigenvalue weighted by molar-refractivity contribution is 7.17. The average molecular weight is 262 g/mol. The molecule has 5 heteroatoms. The van der Waals surface area contributed by atoms with Crippen LogP contribution < -0.4 is 0 Å². The monoisotopic (exact) mass is 262 g/mol. The van der Waals surface area contributed by atoms with E-state index in [1.807, 2.05) is 26.0 Å². The molecule has 0 fully saturated rings. The van der Waals surface area contributed by atoms with Crippen LogP contribution in [0.1, 0.15) is 34.3 Å². The molecule has 0 atom stereocenters. The average Bonchev–Trinajstić information content (AvgIpc) is 2.75. The van der Waals surface area contributed by atoms with Crippen molar-refractivity contribution < 1.29 is 9.90 Å². The van der Waals surface area contributed by atoms with Crippen molar-refractivity contribution in [1.82, 2.24) is 9.97 Å². The van der Waals surface area contributed by atoms with Gasteiger partial charge in [-0.3, -0.25) is 4.98 Å². The fraction of sp³-hybridized carbons (Fsp3) is 0.308. The van der Waals surface area contributed by atoms with Crippen LogP contribution in [0, 0.1) is 6.92 Å². The van der Waals surface area contributed by atoms with Crippen LogP contribution in [0.3, 0.4) is 0 Å². The second-order valence-electron chi connectivity index (χ2n) is 4.07. The van der Waals surface area contributed by atoms with E-state index in [9.17, 15) is 4.79 Å². The van der Waals surface area contributed by atoms with E-state index >= 15 is 0 Å². The summed E-state index contributed by atoms with van der Waals surface area (Å²) in [5.41, 5.74) is 2.46. The molecule has 0 spiro atoms. The highest BCUT2D eigenvalue weighted by Crippen LogP contribution is 2.27. The maximum atomic E-state index is 11.1. The molecule has 0 radical (unpaired) electrons. The quantitative estimate of drug-likeness (QED) is 0.919. The van der Waals surface area contributed by atoms with Crippen molar-refractivity contribution in [2.75, 3.05) is 0 Å². The van der Waals surface area contributed by atoms with Crippen LogP contribution in [0.25, 0.3) is 10.7 Å². The molecule has 2 aromatic rings. The van der Waals surface area contributed by atoms with Gasteiger partial charge in [-0.2, -0.15) is 0 Å². The Balaban J connectivity index is 2.42. The number of thiazole rings is 1. The van der Waals surface area contributed by atoms with Gasteiger partial charge in [0.25, 0.3) is 0 Å². The first kappa shape index (κ1) is 12.7. The van der Waals surface area contributed by atoms with Gasteiger partial charge in [0.05, 0.1) is 11.4 Å². The van der Waals surface area contributed by atoms with Crippen molar-refractivity contribution >= 4 is 17.3 Å². The van der Waals surface area contributed by atoms with E-state index in [4.69, 9.17) is 5.11 Å². The van der Waals surface area contributed by atoms with Crippen molar-refractivity contribution in [2.24, 2.45) is 0 Å². The molecule has 0 amide bonds. The molecule has 0 aliphatic carbocycles. The van der Waals surface area contributed by atoms with Gasteiger partial charge in [-0.15, -0.1) is 11.3 Å². The minimum Gasteiger partial charge on any atom is -0.477 e. The highest BCUT2D eigenvalue weighted by atomic mass is 32.1. The molecule has 0 bridgehead atoms. The predicted octanol–water partition coefficient (Wildman–Crippen LogP) is 3.16. The van der Waals surface area contributed by atoms with Gasteiger partial charge >= 0.3 is 5.97 Å². The topological polar surface area (TPSA) is 63.1 Å². The second kappa shape index (κ2) is 5.27. The standard InChI is InChI=1S/C13H14N2O2S/c1-3-4-9-11(13(16)17)18-12(15-9)10-6-5-8(2)7-14-10/h5-7H,3-4H2,1-2H3,(H,16,17). The Labute approximate surface area is 109 Å². The zero-order valence-corrected chi connectivity index (χ0v) is 11.1. The van der Waals surface area contributed by atoms with Crippen LogP contribution in [-0.4, -0.2) is 21.0 Å². The molecule has 94 valence electrons. The van der Waals surface area contributed by atoms with Crippen LogP contribution in [0.15, 0.2) is 18.3 Å². The zero-order chi connectivity index (χ0) is 13.1. The summed E-state index contributed by atoms with van der Waals surface area (Å²) in [6, 6.07) is 3.82. The van der Waals surface area contributed by atoms with Crippen molar-refractivity contribution in [2.45, 2.75) is 26.7 Å². The number of hydrogen-bond acceptors (Lipinski definition) is 4. The third-order valence-electron chi connectivity index (χ3n) is 2.51. The van der Waals surface area contributed by atoms with Crippen LogP contribution in [-0.2, 0) is 6.42 Å². The molecule has 0 saturated carbocycles. The van der Waals surface area contributed by atoms with Crippen LogP contribution >= 0.6 is 11.3 Å². The number of aromatic carboxylic acids is 1. The number of pyridine rings is 1. The number of rotatable bonds is 4. The SMILES string of the molecule is CCCc1nc(-c2ccc(C)cn2)sc1C(=O)O. The largest absolute Gasteiger partial charge is 0.477 e. The van der Waals surface area contributed by atoms with Crippen molar-refractivity contribution in [3.63, 3.8) is 0 Å². The summed E-state index contributed by atoms with van der Waals surface area (Å²) in [5, 5.41) is 9.82. The molecule has 2 rings (SSSR count). The molecular formula is C13H14N2O2S. The summed E-state index contributed by atoms with van der Waals surface area (Å²) >= 11 is 1.19. The Morgan fingerprint density at radius 2 is 2.22 bits per heavy atom. The van der Waals surface area contributed by atoms with E-state index in [1.165, 1.54) is 11.3 Å². The van der Waals surface area contributed by atoms with Gasteiger partial charge in [0.1, 0.15) is 9.88 Å². The normalized spacial score (nSPS) is 10.6. The molecule has 0 saturated heterocycles. The number of carboxylic acid groups (broad SMARTS) is 1. The predicted molar refractivity (Wildman–Crippen MR) is 71.0 cm³/mol. The van der Waals surface area contributed by atoms with Crippen molar-refractivity contribution in [3.8, 4) is 10.7 Å². The van der Waals surface area contributed by atoms with E-state index in [0.717, 1.165) is 17.7 Å². The van der Waals surface area contributed by atoms with E-state index < -0.39 is 5.97 Å². The molecule has 0 unspecified atom stereocenters. The lowest BCUT2D eigenvalue weighted by Gasteiger charge is -1.95. The number of carboxylic acids is 1.